The average Bonchev–Trinajstić information content (AvgIpc) is 2.76. The van der Waals surface area contributed by atoms with E-state index in [0.717, 1.165) is 12.0 Å². The molecule has 1 aromatic heterocycles. The highest BCUT2D eigenvalue weighted by Gasteiger charge is 2.27. The fourth-order valence-electron chi connectivity index (χ4n) is 2.17. The van der Waals surface area contributed by atoms with Gasteiger partial charge in [0.2, 0.25) is 0 Å². The van der Waals surface area contributed by atoms with Crippen LogP contribution in [0.4, 0.5) is 0 Å². The van der Waals surface area contributed by atoms with Gasteiger partial charge in [-0.3, -0.25) is 4.79 Å². The molecule has 1 heterocycles. The maximum Gasteiger partial charge on any atom is 0.306 e. The number of oxime groups is 1. The lowest BCUT2D eigenvalue weighted by molar-refractivity contribution is -0.144. The first-order valence-corrected chi connectivity index (χ1v) is 6.55. The number of thiophene rings is 1. The van der Waals surface area contributed by atoms with Crippen LogP contribution in [0.2, 0.25) is 0 Å². The highest BCUT2D eigenvalue weighted by molar-refractivity contribution is 7.10. The van der Waals surface area contributed by atoms with E-state index >= 15 is 0 Å². The van der Waals surface area contributed by atoms with E-state index in [2.05, 4.69) is 5.16 Å². The highest BCUT2D eigenvalue weighted by atomic mass is 32.1. The van der Waals surface area contributed by atoms with Crippen molar-refractivity contribution in [3.63, 3.8) is 0 Å². The molecule has 1 aliphatic rings. The van der Waals surface area contributed by atoms with Gasteiger partial charge in [-0.05, 0) is 37.1 Å². The summed E-state index contributed by atoms with van der Waals surface area (Å²) >= 11 is 1.64. The SMILES string of the molecule is CCOC(=O)CC1C/C(=N\O)c2ccsc2C1. The molecule has 0 bridgehead atoms. The molecule has 5 heteroatoms. The predicted molar refractivity (Wildman–Crippen MR) is 65.7 cm³/mol. The molecular weight excluding hydrogens is 238 g/mol. The van der Waals surface area contributed by atoms with E-state index < -0.39 is 0 Å². The highest BCUT2D eigenvalue weighted by Crippen LogP contribution is 2.31. The van der Waals surface area contributed by atoms with Gasteiger partial charge in [-0.25, -0.2) is 0 Å². The number of ether oxygens (including phenoxy) is 1. The molecule has 0 fully saturated rings. The largest absolute Gasteiger partial charge is 0.466 e. The van der Waals surface area contributed by atoms with Crippen LogP contribution in [0.15, 0.2) is 16.6 Å². The molecule has 0 saturated heterocycles. The molecule has 4 nitrogen and oxygen atoms in total. The monoisotopic (exact) mass is 253 g/mol. The zero-order valence-corrected chi connectivity index (χ0v) is 10.5. The number of nitrogens with zero attached hydrogens (tertiary/aromatic N) is 1. The van der Waals surface area contributed by atoms with Crippen molar-refractivity contribution in [1.82, 2.24) is 0 Å². The van der Waals surface area contributed by atoms with Crippen molar-refractivity contribution in [1.29, 1.82) is 0 Å². The van der Waals surface area contributed by atoms with E-state index in [0.29, 0.717) is 25.2 Å². The molecule has 0 aliphatic heterocycles. The van der Waals surface area contributed by atoms with Crippen molar-refractivity contribution < 1.29 is 14.7 Å². The Morgan fingerprint density at radius 2 is 2.47 bits per heavy atom. The molecule has 1 atom stereocenters. The minimum atomic E-state index is -0.171. The molecule has 1 aliphatic carbocycles. The number of esters is 1. The summed E-state index contributed by atoms with van der Waals surface area (Å²) in [6.45, 7) is 2.22. The Bertz CT molecular complexity index is 439. The second kappa shape index (κ2) is 5.31. The molecule has 1 unspecified atom stereocenters. The Kier molecular flexibility index (Phi) is 3.78. The van der Waals surface area contributed by atoms with Gasteiger partial charge in [0.05, 0.1) is 12.3 Å². The van der Waals surface area contributed by atoms with Gasteiger partial charge in [-0.1, -0.05) is 5.16 Å². The van der Waals surface area contributed by atoms with Crippen LogP contribution < -0.4 is 0 Å². The fourth-order valence-corrected chi connectivity index (χ4v) is 3.18. The Morgan fingerprint density at radius 3 is 3.18 bits per heavy atom. The van der Waals surface area contributed by atoms with Gasteiger partial charge in [0.1, 0.15) is 0 Å². The van der Waals surface area contributed by atoms with Gasteiger partial charge in [-0.15, -0.1) is 11.3 Å². The summed E-state index contributed by atoms with van der Waals surface area (Å²) in [5, 5.41) is 14.3. The van der Waals surface area contributed by atoms with Crippen LogP contribution >= 0.6 is 11.3 Å². The van der Waals surface area contributed by atoms with Gasteiger partial charge < -0.3 is 9.94 Å². The summed E-state index contributed by atoms with van der Waals surface area (Å²) in [5.41, 5.74) is 1.71. The molecule has 0 saturated carbocycles. The first-order valence-electron chi connectivity index (χ1n) is 5.67. The Labute approximate surface area is 104 Å². The van der Waals surface area contributed by atoms with Crippen molar-refractivity contribution in [2.24, 2.45) is 11.1 Å². The summed E-state index contributed by atoms with van der Waals surface area (Å²) in [7, 11) is 0. The van der Waals surface area contributed by atoms with Gasteiger partial charge in [0.25, 0.3) is 0 Å². The second-order valence-corrected chi connectivity index (χ2v) is 5.09. The summed E-state index contributed by atoms with van der Waals surface area (Å²) in [5.74, 6) is 0.0147. The van der Waals surface area contributed by atoms with E-state index in [1.807, 2.05) is 11.4 Å². The van der Waals surface area contributed by atoms with E-state index in [1.54, 1.807) is 18.3 Å². The van der Waals surface area contributed by atoms with Crippen LogP contribution in [0.1, 0.15) is 30.2 Å². The van der Waals surface area contributed by atoms with Crippen LogP contribution in [0.3, 0.4) is 0 Å². The lowest BCUT2D eigenvalue weighted by Gasteiger charge is -2.21. The van der Waals surface area contributed by atoms with Crippen molar-refractivity contribution in [3.05, 3.63) is 21.9 Å². The van der Waals surface area contributed by atoms with Gasteiger partial charge in [-0.2, -0.15) is 0 Å². The van der Waals surface area contributed by atoms with Gasteiger partial charge in [0.15, 0.2) is 0 Å². The maximum atomic E-state index is 11.4. The number of hydrogen-bond acceptors (Lipinski definition) is 5. The van der Waals surface area contributed by atoms with E-state index in [-0.39, 0.29) is 11.9 Å². The number of fused-ring (bicyclic) bond motifs is 1. The molecule has 0 radical (unpaired) electrons. The molecule has 17 heavy (non-hydrogen) atoms. The first kappa shape index (κ1) is 12.1. The number of carbonyl (C=O) groups excluding carboxylic acids is 1. The number of carbonyl (C=O) groups is 1. The fraction of sp³-hybridized carbons (Fsp3) is 0.500. The van der Waals surface area contributed by atoms with Crippen LogP contribution in [0.5, 0.6) is 0 Å². The first-order chi connectivity index (χ1) is 8.24. The predicted octanol–water partition coefficient (Wildman–Crippen LogP) is 2.44. The third kappa shape index (κ3) is 2.66. The Morgan fingerprint density at radius 1 is 1.65 bits per heavy atom. The van der Waals surface area contributed by atoms with Crippen LogP contribution in [0.25, 0.3) is 0 Å². The van der Waals surface area contributed by atoms with E-state index in [9.17, 15) is 4.79 Å². The zero-order chi connectivity index (χ0) is 12.3. The van der Waals surface area contributed by atoms with Crippen molar-refractivity contribution in [2.45, 2.75) is 26.2 Å². The zero-order valence-electron chi connectivity index (χ0n) is 9.68. The topological polar surface area (TPSA) is 58.9 Å². The second-order valence-electron chi connectivity index (χ2n) is 4.09. The third-order valence-electron chi connectivity index (χ3n) is 2.89. The third-order valence-corrected chi connectivity index (χ3v) is 3.84. The van der Waals surface area contributed by atoms with Gasteiger partial charge in [0, 0.05) is 16.9 Å². The van der Waals surface area contributed by atoms with Crippen LogP contribution in [-0.4, -0.2) is 23.5 Å². The molecule has 0 amide bonds. The van der Waals surface area contributed by atoms with Crippen LogP contribution in [0, 0.1) is 5.92 Å². The molecule has 92 valence electrons. The normalized spacial score (nSPS) is 21.2. The lowest BCUT2D eigenvalue weighted by Crippen LogP contribution is -2.22. The van der Waals surface area contributed by atoms with Crippen molar-refractivity contribution in [2.75, 3.05) is 6.61 Å². The smallest absolute Gasteiger partial charge is 0.306 e. The Balaban J connectivity index is 2.08. The molecule has 2 rings (SSSR count). The van der Waals surface area contributed by atoms with E-state index in [4.69, 9.17) is 9.94 Å². The molecule has 0 aromatic carbocycles. The summed E-state index contributed by atoms with van der Waals surface area (Å²) in [4.78, 5) is 12.6. The van der Waals surface area contributed by atoms with Gasteiger partial charge >= 0.3 is 5.97 Å². The van der Waals surface area contributed by atoms with Crippen LogP contribution in [-0.2, 0) is 16.0 Å². The number of rotatable bonds is 3. The average molecular weight is 253 g/mol. The quantitative estimate of drug-likeness (QED) is 0.511. The van der Waals surface area contributed by atoms with Crippen molar-refractivity contribution in [3.8, 4) is 0 Å². The minimum absolute atomic E-state index is 0.171. The van der Waals surface area contributed by atoms with E-state index in [1.165, 1.54) is 4.88 Å². The summed E-state index contributed by atoms with van der Waals surface area (Å²) in [6.07, 6.45) is 1.90. The lowest BCUT2D eigenvalue weighted by atomic mass is 9.85. The number of hydrogen-bond donors (Lipinski definition) is 1. The standard InChI is InChI=1S/C12H15NO3S/c1-2-16-12(14)7-8-5-10(13-15)9-3-4-17-11(9)6-8/h3-4,8,15H,2,5-7H2,1H3/b13-10+. The van der Waals surface area contributed by atoms with Crippen molar-refractivity contribution >= 4 is 23.0 Å². The summed E-state index contributed by atoms with van der Waals surface area (Å²) in [6, 6.07) is 1.97. The minimum Gasteiger partial charge on any atom is -0.466 e. The molecular formula is C12H15NO3S. The Hall–Kier alpha value is -1.36. The molecule has 0 spiro atoms. The molecule has 1 N–H and O–H groups in total. The summed E-state index contributed by atoms with van der Waals surface area (Å²) < 4.78 is 4.95. The maximum absolute atomic E-state index is 11.4. The molecule has 1 aromatic rings.